The summed E-state index contributed by atoms with van der Waals surface area (Å²) in [6.45, 7) is 11.4. The maximum Gasteiger partial charge on any atom is 0.421 e. The van der Waals surface area contributed by atoms with Gasteiger partial charge in [-0.1, -0.05) is 62.4 Å². The number of carbonyl (C=O) groups excluding carboxylic acids is 3. The maximum absolute atomic E-state index is 14.3. The van der Waals surface area contributed by atoms with Crippen LogP contribution < -0.4 is 10.6 Å². The summed E-state index contributed by atoms with van der Waals surface area (Å²) < 4.78 is 32.7. The average Bonchev–Trinajstić information content (AvgIpc) is 3.85. The van der Waals surface area contributed by atoms with Crippen molar-refractivity contribution in [2.45, 2.75) is 147 Å². The number of benzene rings is 1. The van der Waals surface area contributed by atoms with Gasteiger partial charge in [0.05, 0.1) is 33.8 Å². The number of aliphatic hydroxyl groups excluding tert-OH is 1. The van der Waals surface area contributed by atoms with E-state index >= 15 is 0 Å². The number of ether oxygens (including phenoxy) is 1. The predicted octanol–water partition coefficient (Wildman–Crippen LogP) is 5.59. The van der Waals surface area contributed by atoms with Crippen LogP contribution in [0.4, 0.5) is 10.7 Å². The second-order valence-electron chi connectivity index (χ2n) is 17.0. The monoisotopic (exact) mass is 744 g/mol. The van der Waals surface area contributed by atoms with Crippen LogP contribution in [0.5, 0.6) is 0 Å². The maximum atomic E-state index is 14.3. The zero-order valence-corrected chi connectivity index (χ0v) is 32.8. The second kappa shape index (κ2) is 16.8. The number of nitrogens with one attached hydrogen (secondary N) is 2. The van der Waals surface area contributed by atoms with E-state index in [9.17, 15) is 33.0 Å². The van der Waals surface area contributed by atoms with Gasteiger partial charge in [0.25, 0.3) is 0 Å². The second-order valence-corrected chi connectivity index (χ2v) is 19.8. The average molecular weight is 745 g/mol. The summed E-state index contributed by atoms with van der Waals surface area (Å²) in [4.78, 5) is 45.2. The Morgan fingerprint density at radius 1 is 0.981 bits per heavy atom. The van der Waals surface area contributed by atoms with E-state index < -0.39 is 67.5 Å². The lowest BCUT2D eigenvalue weighted by molar-refractivity contribution is -0.130. The first-order valence-electron chi connectivity index (χ1n) is 18.7. The highest BCUT2D eigenvalue weighted by Gasteiger charge is 2.49. The standard InChI is InChI=1S/C39H60N4O8S/c1-37(2,3)51-36(47)43-24-30(40-35(43)42-32(44)21-18-26-14-10-8-11-15-26)23-28(25-52(49,50)38(4,5)6)34(46)41-31(22-27-16-12-9-13-17-27)33(45)39(7,48)29-19-20-29/h8,10-11,14-15,24,27-29,31,33,45,48H,9,12-13,16-23,25H2,1-7H3,(H,41,46)(H,40,42,44)/t28?,31-,33+,39-/m0/s1. The summed E-state index contributed by atoms with van der Waals surface area (Å²) >= 11 is 0. The van der Waals surface area contributed by atoms with Crippen molar-refractivity contribution in [2.24, 2.45) is 17.8 Å². The molecule has 12 nitrogen and oxygen atoms in total. The Hall–Kier alpha value is -3.29. The fourth-order valence-electron chi connectivity index (χ4n) is 6.82. The molecule has 1 aromatic heterocycles. The van der Waals surface area contributed by atoms with Crippen LogP contribution in [0.1, 0.15) is 118 Å². The number of nitrogens with zero attached hydrogens (tertiary/aromatic N) is 2. The smallest absolute Gasteiger partial charge is 0.421 e. The van der Waals surface area contributed by atoms with Crippen molar-refractivity contribution in [2.75, 3.05) is 11.1 Å². The topological polar surface area (TPSA) is 177 Å². The number of anilines is 1. The van der Waals surface area contributed by atoms with Crippen molar-refractivity contribution < 1.29 is 37.8 Å². The molecule has 1 aromatic carbocycles. The normalized spacial score (nSPS) is 18.9. The first kappa shape index (κ1) is 41.5. The minimum Gasteiger partial charge on any atom is -0.443 e. The van der Waals surface area contributed by atoms with Gasteiger partial charge < -0.3 is 20.3 Å². The van der Waals surface area contributed by atoms with Gasteiger partial charge >= 0.3 is 6.09 Å². The molecule has 0 aliphatic heterocycles. The van der Waals surface area contributed by atoms with Gasteiger partial charge in [-0.2, -0.15) is 0 Å². The lowest BCUT2D eigenvalue weighted by Crippen LogP contribution is -2.57. The molecular formula is C39H60N4O8S. The van der Waals surface area contributed by atoms with E-state index in [1.54, 1.807) is 48.5 Å². The molecule has 4 atom stereocenters. The molecule has 52 heavy (non-hydrogen) atoms. The van der Waals surface area contributed by atoms with Crippen molar-refractivity contribution in [1.82, 2.24) is 14.9 Å². The van der Waals surface area contributed by atoms with Gasteiger partial charge in [-0.25, -0.2) is 22.8 Å². The minimum absolute atomic E-state index is 0.0801. The lowest BCUT2D eigenvalue weighted by atomic mass is 9.79. The van der Waals surface area contributed by atoms with Gasteiger partial charge in [-0.15, -0.1) is 0 Å². The van der Waals surface area contributed by atoms with E-state index in [1.165, 1.54) is 6.20 Å². The fraction of sp³-hybridized carbons (Fsp3) is 0.692. The molecule has 2 aliphatic rings. The number of carbonyl (C=O) groups is 3. The molecule has 290 valence electrons. The van der Waals surface area contributed by atoms with Crippen LogP contribution in [-0.4, -0.2) is 79.9 Å². The Bertz CT molecular complexity index is 1630. The van der Waals surface area contributed by atoms with E-state index in [2.05, 4.69) is 15.6 Å². The molecule has 1 heterocycles. The first-order valence-corrected chi connectivity index (χ1v) is 20.4. The highest BCUT2D eigenvalue weighted by molar-refractivity contribution is 7.92. The lowest BCUT2D eigenvalue weighted by Gasteiger charge is -2.38. The number of hydrogen-bond donors (Lipinski definition) is 4. The molecule has 0 spiro atoms. The van der Waals surface area contributed by atoms with Crippen molar-refractivity contribution >= 4 is 33.7 Å². The van der Waals surface area contributed by atoms with E-state index in [4.69, 9.17) is 4.74 Å². The minimum atomic E-state index is -3.84. The summed E-state index contributed by atoms with van der Waals surface area (Å²) in [5.41, 5.74) is -1.12. The van der Waals surface area contributed by atoms with Gasteiger partial charge in [0, 0.05) is 19.0 Å². The molecular weight excluding hydrogens is 685 g/mol. The van der Waals surface area contributed by atoms with Crippen LogP contribution in [0.2, 0.25) is 0 Å². The van der Waals surface area contributed by atoms with Gasteiger partial charge in [-0.3, -0.25) is 14.9 Å². The van der Waals surface area contributed by atoms with Crippen molar-refractivity contribution in [1.29, 1.82) is 0 Å². The molecule has 2 aliphatic carbocycles. The van der Waals surface area contributed by atoms with E-state index in [1.807, 2.05) is 30.3 Å². The predicted molar refractivity (Wildman–Crippen MR) is 200 cm³/mol. The Morgan fingerprint density at radius 3 is 2.19 bits per heavy atom. The molecule has 13 heteroatoms. The molecule has 4 N–H and O–H groups in total. The third kappa shape index (κ3) is 11.6. The molecule has 2 amide bonds. The number of sulfone groups is 1. The Balaban J connectivity index is 1.64. The zero-order chi connectivity index (χ0) is 38.5. The summed E-state index contributed by atoms with van der Waals surface area (Å²) in [6.07, 6.45) is 6.87. The van der Waals surface area contributed by atoms with E-state index in [0.717, 1.165) is 55.1 Å². The Morgan fingerprint density at radius 2 is 1.62 bits per heavy atom. The molecule has 2 saturated carbocycles. The highest BCUT2D eigenvalue weighted by Crippen LogP contribution is 2.43. The quantitative estimate of drug-likeness (QED) is 0.181. The third-order valence-electron chi connectivity index (χ3n) is 10.3. The Labute approximate surface area is 309 Å². The molecule has 4 rings (SSSR count). The highest BCUT2D eigenvalue weighted by atomic mass is 32.2. The van der Waals surface area contributed by atoms with Crippen LogP contribution in [0, 0.1) is 17.8 Å². The zero-order valence-electron chi connectivity index (χ0n) is 32.0. The van der Waals surface area contributed by atoms with Crippen LogP contribution >= 0.6 is 0 Å². The van der Waals surface area contributed by atoms with Gasteiger partial charge in [0.15, 0.2) is 9.84 Å². The first-order chi connectivity index (χ1) is 24.2. The summed E-state index contributed by atoms with van der Waals surface area (Å²) in [6, 6.07) is 8.68. The summed E-state index contributed by atoms with van der Waals surface area (Å²) in [5.74, 6) is -2.62. The van der Waals surface area contributed by atoms with Crippen molar-refractivity contribution in [3.05, 3.63) is 47.8 Å². The van der Waals surface area contributed by atoms with E-state index in [0.29, 0.717) is 12.8 Å². The third-order valence-corrected chi connectivity index (χ3v) is 13.0. The molecule has 0 radical (unpaired) electrons. The van der Waals surface area contributed by atoms with Crippen LogP contribution in [-0.2, 0) is 37.0 Å². The molecule has 2 fully saturated rings. The Kier molecular flexibility index (Phi) is 13.4. The number of aliphatic hydroxyl groups is 2. The molecule has 1 unspecified atom stereocenters. The molecule has 0 bridgehead atoms. The van der Waals surface area contributed by atoms with Crippen molar-refractivity contribution in [3.63, 3.8) is 0 Å². The number of rotatable bonds is 15. The van der Waals surface area contributed by atoms with Gasteiger partial charge in [0.1, 0.15) is 11.7 Å². The van der Waals surface area contributed by atoms with Crippen LogP contribution in [0.3, 0.4) is 0 Å². The largest absolute Gasteiger partial charge is 0.443 e. The van der Waals surface area contributed by atoms with Gasteiger partial charge in [-0.05, 0) is 91.5 Å². The number of amides is 2. The number of hydrogen-bond acceptors (Lipinski definition) is 9. The summed E-state index contributed by atoms with van der Waals surface area (Å²) in [5, 5.41) is 28.6. The molecule has 2 aromatic rings. The summed E-state index contributed by atoms with van der Waals surface area (Å²) in [7, 11) is -3.84. The molecule has 0 saturated heterocycles. The number of imidazole rings is 1. The SMILES string of the molecule is CC(C)(C)OC(=O)n1cc(CC(CS(=O)(=O)C(C)(C)C)C(=O)N[C@@H](CC2CCCCC2)[C@@H](O)[C@@](C)(O)C2CC2)nc1NC(=O)CCc1ccccc1. The van der Waals surface area contributed by atoms with Crippen LogP contribution in [0.25, 0.3) is 0 Å². The van der Waals surface area contributed by atoms with Gasteiger partial charge in [0.2, 0.25) is 17.8 Å². The van der Waals surface area contributed by atoms with Crippen LogP contribution in [0.15, 0.2) is 36.5 Å². The van der Waals surface area contributed by atoms with Crippen molar-refractivity contribution in [3.8, 4) is 0 Å². The number of aryl methyl sites for hydroxylation is 1. The van der Waals surface area contributed by atoms with E-state index in [-0.39, 0.29) is 36.3 Å². The number of aromatic nitrogens is 2. The fourth-order valence-corrected chi connectivity index (χ4v) is 8.11.